The largest absolute Gasteiger partial charge is 0.334 e. The second-order valence-electron chi connectivity index (χ2n) is 6.95. The van der Waals surface area contributed by atoms with Crippen molar-refractivity contribution >= 4 is 10.0 Å². The van der Waals surface area contributed by atoms with Crippen molar-refractivity contribution in [3.63, 3.8) is 0 Å². The first-order chi connectivity index (χ1) is 12.6. The molecule has 0 aromatic carbocycles. The fraction of sp³-hybridized carbons (Fsp3) is 0.588. The quantitative estimate of drug-likeness (QED) is 0.816. The van der Waals surface area contributed by atoms with Crippen LogP contribution in [0.1, 0.15) is 55.2 Å². The number of hydrogen-bond acceptors (Lipinski definition) is 7. The van der Waals surface area contributed by atoms with Crippen LogP contribution in [0.15, 0.2) is 16.7 Å². The van der Waals surface area contributed by atoms with Crippen molar-refractivity contribution in [1.82, 2.24) is 19.4 Å². The second kappa shape index (κ2) is 7.05. The number of sulfonamides is 1. The van der Waals surface area contributed by atoms with Crippen LogP contribution in [0, 0.1) is 0 Å². The Balaban J connectivity index is 1.57. The lowest BCUT2D eigenvalue weighted by Crippen LogP contribution is -2.36. The predicted molar refractivity (Wildman–Crippen MR) is 95.4 cm³/mol. The molecule has 9 heteroatoms. The van der Waals surface area contributed by atoms with Crippen LogP contribution in [-0.2, 0) is 22.3 Å². The predicted octanol–water partition coefficient (Wildman–Crippen LogP) is 1.78. The summed E-state index contributed by atoms with van der Waals surface area (Å²) in [6, 6.07) is 3.73. The highest BCUT2D eigenvalue weighted by molar-refractivity contribution is 7.88. The van der Waals surface area contributed by atoms with Crippen molar-refractivity contribution < 1.29 is 12.9 Å². The summed E-state index contributed by atoms with van der Waals surface area (Å²) in [6.07, 6.45) is 5.05. The molecule has 4 rings (SSSR count). The molecule has 1 aliphatic carbocycles. The summed E-state index contributed by atoms with van der Waals surface area (Å²) < 4.78 is 32.0. The molecule has 2 aromatic heterocycles. The minimum absolute atomic E-state index is 0.190. The van der Waals surface area contributed by atoms with E-state index in [-0.39, 0.29) is 11.6 Å². The fourth-order valence-corrected chi connectivity index (χ4v) is 4.74. The second-order valence-corrected chi connectivity index (χ2v) is 8.91. The summed E-state index contributed by atoms with van der Waals surface area (Å²) in [5, 5.41) is 3.89. The Hall–Kier alpha value is -1.84. The number of rotatable bonds is 6. The van der Waals surface area contributed by atoms with Crippen LogP contribution >= 0.6 is 0 Å². The van der Waals surface area contributed by atoms with E-state index in [0.29, 0.717) is 31.4 Å². The van der Waals surface area contributed by atoms with Crippen LogP contribution in [0.25, 0.3) is 11.5 Å². The van der Waals surface area contributed by atoms with Gasteiger partial charge in [0.1, 0.15) is 5.75 Å². The van der Waals surface area contributed by atoms with Crippen LogP contribution in [0.3, 0.4) is 0 Å². The molecule has 0 bridgehead atoms. The van der Waals surface area contributed by atoms with Crippen LogP contribution in [-0.4, -0.2) is 40.9 Å². The van der Waals surface area contributed by atoms with Gasteiger partial charge in [0.15, 0.2) is 5.82 Å². The number of hydrogen-bond donors (Lipinski definition) is 1. The highest BCUT2D eigenvalue weighted by Gasteiger charge is 2.31. The lowest BCUT2D eigenvalue weighted by molar-refractivity contribution is 0.345. The molecule has 2 aromatic rings. The van der Waals surface area contributed by atoms with Gasteiger partial charge < -0.3 is 10.3 Å². The van der Waals surface area contributed by atoms with Gasteiger partial charge in [0.25, 0.3) is 5.89 Å². The molecule has 0 amide bonds. The van der Waals surface area contributed by atoms with Crippen molar-refractivity contribution in [3.8, 4) is 11.5 Å². The summed E-state index contributed by atoms with van der Waals surface area (Å²) in [5.74, 6) is 0.676. The molecule has 0 atom stereocenters. The van der Waals surface area contributed by atoms with E-state index in [2.05, 4.69) is 15.1 Å². The van der Waals surface area contributed by atoms with Crippen LogP contribution in [0.4, 0.5) is 0 Å². The normalized spacial score (nSPS) is 19.0. The molecule has 2 fully saturated rings. The summed E-state index contributed by atoms with van der Waals surface area (Å²) >= 11 is 0. The third kappa shape index (κ3) is 3.65. The molecule has 1 saturated heterocycles. The molecular weight excluding hydrogens is 354 g/mol. The third-order valence-corrected chi connectivity index (χ3v) is 6.65. The van der Waals surface area contributed by atoms with Gasteiger partial charge in [-0.15, -0.1) is 0 Å². The highest BCUT2D eigenvalue weighted by Crippen LogP contribution is 2.43. The lowest BCUT2D eigenvalue weighted by Gasteiger charge is -2.25. The average Bonchev–Trinajstić information content (AvgIpc) is 3.41. The Morgan fingerprint density at radius 1 is 1.15 bits per heavy atom. The Labute approximate surface area is 152 Å². The van der Waals surface area contributed by atoms with Gasteiger partial charge in [-0.3, -0.25) is 4.98 Å². The number of nitrogens with zero attached hydrogens (tertiary/aromatic N) is 4. The van der Waals surface area contributed by atoms with E-state index < -0.39 is 10.0 Å². The maximum absolute atomic E-state index is 12.5. The number of pyridine rings is 1. The summed E-state index contributed by atoms with van der Waals surface area (Å²) in [7, 11) is -3.41. The molecule has 2 N–H and O–H groups in total. The standard InChI is InChI=1S/C17H23N5O3S/c18-10-13-6-7-14(16(19-13)12-4-5-12)17-20-15(21-25-17)11-26(23,24)22-8-2-1-3-9-22/h6-7,12H,1-5,8-11,18H2. The molecule has 26 heavy (non-hydrogen) atoms. The maximum Gasteiger partial charge on any atom is 0.259 e. The van der Waals surface area contributed by atoms with Gasteiger partial charge in [0.05, 0.1) is 17.0 Å². The highest BCUT2D eigenvalue weighted by atomic mass is 32.2. The third-order valence-electron chi connectivity index (χ3n) is 4.87. The first-order valence-corrected chi connectivity index (χ1v) is 10.7. The number of aromatic nitrogens is 3. The Morgan fingerprint density at radius 2 is 1.92 bits per heavy atom. The fourth-order valence-electron chi connectivity index (χ4n) is 3.30. The van der Waals surface area contributed by atoms with E-state index in [1.54, 1.807) is 0 Å². The van der Waals surface area contributed by atoms with E-state index in [1.807, 2.05) is 12.1 Å². The van der Waals surface area contributed by atoms with E-state index in [1.165, 1.54) is 4.31 Å². The van der Waals surface area contributed by atoms with Gasteiger partial charge in [-0.05, 0) is 37.8 Å². The van der Waals surface area contributed by atoms with Crippen molar-refractivity contribution in [3.05, 3.63) is 29.3 Å². The monoisotopic (exact) mass is 377 g/mol. The van der Waals surface area contributed by atoms with Gasteiger partial charge in [0, 0.05) is 25.6 Å². The first kappa shape index (κ1) is 17.6. The number of piperidine rings is 1. The van der Waals surface area contributed by atoms with Crippen molar-refractivity contribution in [2.75, 3.05) is 13.1 Å². The SMILES string of the molecule is NCc1ccc(-c2nc(CS(=O)(=O)N3CCCCC3)no2)c(C2CC2)n1. The van der Waals surface area contributed by atoms with Crippen molar-refractivity contribution in [2.24, 2.45) is 5.73 Å². The molecule has 0 unspecified atom stereocenters. The zero-order valence-corrected chi connectivity index (χ0v) is 15.4. The summed E-state index contributed by atoms with van der Waals surface area (Å²) in [6.45, 7) is 1.52. The van der Waals surface area contributed by atoms with Crippen LogP contribution in [0.2, 0.25) is 0 Å². The van der Waals surface area contributed by atoms with Crippen molar-refractivity contribution in [1.29, 1.82) is 0 Å². The smallest absolute Gasteiger partial charge is 0.259 e. The molecule has 0 radical (unpaired) electrons. The Morgan fingerprint density at radius 3 is 2.62 bits per heavy atom. The van der Waals surface area contributed by atoms with Crippen LogP contribution in [0.5, 0.6) is 0 Å². The van der Waals surface area contributed by atoms with E-state index >= 15 is 0 Å². The average molecular weight is 377 g/mol. The first-order valence-electron chi connectivity index (χ1n) is 9.07. The minimum Gasteiger partial charge on any atom is -0.334 e. The zero-order chi connectivity index (χ0) is 18.1. The van der Waals surface area contributed by atoms with Gasteiger partial charge in [-0.1, -0.05) is 11.6 Å². The van der Waals surface area contributed by atoms with Gasteiger partial charge >= 0.3 is 0 Å². The zero-order valence-electron chi connectivity index (χ0n) is 14.6. The molecule has 0 spiro atoms. The number of nitrogens with two attached hydrogens (primary N) is 1. The van der Waals surface area contributed by atoms with E-state index in [9.17, 15) is 8.42 Å². The Bertz CT molecular complexity index is 886. The van der Waals surface area contributed by atoms with E-state index in [0.717, 1.165) is 49.1 Å². The molecule has 140 valence electrons. The Kier molecular flexibility index (Phi) is 4.76. The van der Waals surface area contributed by atoms with Crippen molar-refractivity contribution in [2.45, 2.75) is 50.3 Å². The molecular formula is C17H23N5O3S. The topological polar surface area (TPSA) is 115 Å². The molecule has 8 nitrogen and oxygen atoms in total. The van der Waals surface area contributed by atoms with Gasteiger partial charge in [-0.25, -0.2) is 12.7 Å². The maximum atomic E-state index is 12.5. The minimum atomic E-state index is -3.41. The molecule has 1 aliphatic heterocycles. The molecule has 3 heterocycles. The summed E-state index contributed by atoms with van der Waals surface area (Å²) in [5.41, 5.74) is 8.20. The summed E-state index contributed by atoms with van der Waals surface area (Å²) in [4.78, 5) is 8.94. The van der Waals surface area contributed by atoms with E-state index in [4.69, 9.17) is 10.3 Å². The van der Waals surface area contributed by atoms with Gasteiger partial charge in [0.2, 0.25) is 10.0 Å². The molecule has 1 saturated carbocycles. The lowest BCUT2D eigenvalue weighted by atomic mass is 10.1. The molecule has 2 aliphatic rings. The van der Waals surface area contributed by atoms with Gasteiger partial charge in [-0.2, -0.15) is 4.98 Å². The van der Waals surface area contributed by atoms with Crippen LogP contribution < -0.4 is 5.73 Å².